The number of imide groups is 1. The van der Waals surface area contributed by atoms with Crippen molar-refractivity contribution in [1.29, 1.82) is 0 Å². The maximum atomic E-state index is 13.2. The molecule has 3 amide bonds. The molecule has 2 aromatic carbocycles. The van der Waals surface area contributed by atoms with Crippen LogP contribution in [0.4, 0.5) is 11.4 Å². The number of halogens is 2. The first-order valence-electron chi connectivity index (χ1n) is 10.4. The topological polar surface area (TPSA) is 66.5 Å². The van der Waals surface area contributed by atoms with Gasteiger partial charge < -0.3 is 5.32 Å². The Hall–Kier alpha value is -2.63. The van der Waals surface area contributed by atoms with E-state index in [0.717, 1.165) is 6.42 Å². The van der Waals surface area contributed by atoms with Gasteiger partial charge in [-0.2, -0.15) is 0 Å². The predicted octanol–water partition coefficient (Wildman–Crippen LogP) is 4.80. The third-order valence-corrected chi connectivity index (χ3v) is 7.97. The van der Waals surface area contributed by atoms with Gasteiger partial charge in [-0.05, 0) is 72.6 Å². The summed E-state index contributed by atoms with van der Waals surface area (Å²) >= 11 is 11.9. The summed E-state index contributed by atoms with van der Waals surface area (Å²) in [5.74, 6) is 0.532. The van der Waals surface area contributed by atoms with Gasteiger partial charge in [0.15, 0.2) is 0 Å². The molecule has 156 valence electrons. The minimum atomic E-state index is -0.319. The zero-order valence-corrected chi connectivity index (χ0v) is 17.8. The predicted molar refractivity (Wildman–Crippen MR) is 118 cm³/mol. The Kier molecular flexibility index (Phi) is 4.11. The van der Waals surface area contributed by atoms with E-state index in [-0.39, 0.29) is 41.4 Å². The lowest BCUT2D eigenvalue weighted by molar-refractivity contribution is -0.124. The molecule has 7 heteroatoms. The summed E-state index contributed by atoms with van der Waals surface area (Å²) in [5, 5.41) is 3.52. The molecule has 4 aliphatic carbocycles. The molecule has 0 spiro atoms. The molecular formula is C24H18Cl2N2O3. The summed E-state index contributed by atoms with van der Waals surface area (Å²) in [6.45, 7) is 0. The second kappa shape index (κ2) is 6.68. The lowest BCUT2D eigenvalue weighted by Gasteiger charge is -2.37. The standard InChI is InChI=1S/C24H18Cl2N2O3/c25-18-8-3-12(9-19(18)26)27-22(29)11-1-4-13(5-2-11)28-23(30)20-14-6-7-15(17-10-16(14)17)21(20)24(28)31/h1-9,14-17,20-21H,10H2,(H,27,29). The van der Waals surface area contributed by atoms with Crippen LogP contribution >= 0.6 is 23.2 Å². The van der Waals surface area contributed by atoms with Gasteiger partial charge in [0.1, 0.15) is 0 Å². The Bertz CT molecular complexity index is 1140. The van der Waals surface area contributed by atoms with E-state index in [1.807, 2.05) is 0 Å². The lowest BCUT2D eigenvalue weighted by atomic mass is 9.63. The minimum Gasteiger partial charge on any atom is -0.322 e. The molecule has 0 radical (unpaired) electrons. The molecular weight excluding hydrogens is 435 g/mol. The van der Waals surface area contributed by atoms with E-state index in [1.54, 1.807) is 42.5 Å². The van der Waals surface area contributed by atoms with Crippen molar-refractivity contribution < 1.29 is 14.4 Å². The smallest absolute Gasteiger partial charge is 0.255 e. The number of nitrogens with one attached hydrogen (secondary N) is 1. The highest BCUT2D eigenvalue weighted by molar-refractivity contribution is 6.42. The fraction of sp³-hybridized carbons (Fsp3) is 0.292. The number of carbonyl (C=O) groups is 3. The number of amides is 3. The van der Waals surface area contributed by atoms with Crippen LogP contribution in [0.5, 0.6) is 0 Å². The Morgan fingerprint density at radius 1 is 0.871 bits per heavy atom. The highest BCUT2D eigenvalue weighted by atomic mass is 35.5. The summed E-state index contributed by atoms with van der Waals surface area (Å²) in [4.78, 5) is 40.3. The van der Waals surface area contributed by atoms with Gasteiger partial charge in [-0.15, -0.1) is 0 Å². The van der Waals surface area contributed by atoms with Gasteiger partial charge in [0.25, 0.3) is 5.91 Å². The summed E-state index contributed by atoms with van der Waals surface area (Å²) in [5.41, 5.74) is 1.46. The van der Waals surface area contributed by atoms with Crippen molar-refractivity contribution in [3.05, 3.63) is 70.2 Å². The first kappa shape index (κ1) is 19.1. The number of nitrogens with zero attached hydrogens (tertiary/aromatic N) is 1. The van der Waals surface area contributed by atoms with Crippen molar-refractivity contribution >= 4 is 52.3 Å². The maximum Gasteiger partial charge on any atom is 0.255 e. The van der Waals surface area contributed by atoms with Gasteiger partial charge in [0.05, 0.1) is 27.6 Å². The van der Waals surface area contributed by atoms with Crippen LogP contribution in [0.3, 0.4) is 0 Å². The number of hydrogen-bond donors (Lipinski definition) is 1. The minimum absolute atomic E-state index is 0.104. The fourth-order valence-electron chi connectivity index (χ4n) is 5.75. The Labute approximate surface area is 189 Å². The van der Waals surface area contributed by atoms with E-state index in [0.29, 0.717) is 38.8 Å². The molecule has 5 aliphatic rings. The summed E-state index contributed by atoms with van der Waals surface area (Å²) in [6.07, 6.45) is 5.45. The van der Waals surface area contributed by atoms with Crippen molar-refractivity contribution in [2.24, 2.45) is 35.5 Å². The average molecular weight is 453 g/mol. The van der Waals surface area contributed by atoms with E-state index in [4.69, 9.17) is 23.2 Å². The van der Waals surface area contributed by atoms with E-state index < -0.39 is 0 Å². The van der Waals surface area contributed by atoms with Crippen LogP contribution in [0, 0.1) is 35.5 Å². The molecule has 2 saturated carbocycles. The number of anilines is 2. The van der Waals surface area contributed by atoms with Crippen molar-refractivity contribution in [2.75, 3.05) is 10.2 Å². The van der Waals surface area contributed by atoms with Gasteiger partial charge in [-0.1, -0.05) is 35.4 Å². The first-order valence-corrected chi connectivity index (χ1v) is 11.1. The monoisotopic (exact) mass is 452 g/mol. The Balaban J connectivity index is 1.22. The molecule has 0 aromatic heterocycles. The van der Waals surface area contributed by atoms with Crippen molar-refractivity contribution in [3.8, 4) is 0 Å². The lowest BCUT2D eigenvalue weighted by Crippen LogP contribution is -2.40. The van der Waals surface area contributed by atoms with E-state index in [9.17, 15) is 14.4 Å². The van der Waals surface area contributed by atoms with Gasteiger partial charge in [0, 0.05) is 11.3 Å². The molecule has 2 aromatic rings. The van der Waals surface area contributed by atoms with Crippen LogP contribution in [0.1, 0.15) is 16.8 Å². The van der Waals surface area contributed by atoms with Crippen molar-refractivity contribution in [1.82, 2.24) is 0 Å². The molecule has 3 fully saturated rings. The van der Waals surface area contributed by atoms with Crippen LogP contribution in [-0.2, 0) is 9.59 Å². The molecule has 1 saturated heterocycles. The molecule has 1 aliphatic heterocycles. The molecule has 6 atom stereocenters. The highest BCUT2D eigenvalue weighted by Crippen LogP contribution is 2.65. The first-order chi connectivity index (χ1) is 14.9. The molecule has 6 unspecified atom stereocenters. The maximum absolute atomic E-state index is 13.2. The second-order valence-corrected chi connectivity index (χ2v) is 9.61. The molecule has 31 heavy (non-hydrogen) atoms. The molecule has 1 heterocycles. The van der Waals surface area contributed by atoms with Crippen LogP contribution in [0.15, 0.2) is 54.6 Å². The second-order valence-electron chi connectivity index (χ2n) is 8.80. The largest absolute Gasteiger partial charge is 0.322 e. The zero-order chi connectivity index (χ0) is 21.4. The number of rotatable bonds is 3. The quantitative estimate of drug-likeness (QED) is 0.536. The Morgan fingerprint density at radius 3 is 2.06 bits per heavy atom. The number of allylic oxidation sites excluding steroid dienone is 2. The van der Waals surface area contributed by atoms with Crippen LogP contribution in [-0.4, -0.2) is 17.7 Å². The van der Waals surface area contributed by atoms with Crippen LogP contribution < -0.4 is 10.2 Å². The third-order valence-electron chi connectivity index (χ3n) is 7.23. The number of benzene rings is 2. The molecule has 1 N–H and O–H groups in total. The molecule has 7 rings (SSSR count). The van der Waals surface area contributed by atoms with Gasteiger partial charge in [0.2, 0.25) is 11.8 Å². The highest BCUT2D eigenvalue weighted by Gasteiger charge is 2.67. The SMILES string of the molecule is O=C(Nc1ccc(Cl)c(Cl)c1)c1ccc(N2C(=O)C3C4C=CC(C5CC45)C3C2=O)cc1. The van der Waals surface area contributed by atoms with E-state index >= 15 is 0 Å². The summed E-state index contributed by atoms with van der Waals surface area (Å²) in [7, 11) is 0. The zero-order valence-electron chi connectivity index (χ0n) is 16.3. The normalized spacial score (nSPS) is 32.1. The van der Waals surface area contributed by atoms with Gasteiger partial charge >= 0.3 is 0 Å². The summed E-state index contributed by atoms with van der Waals surface area (Å²) < 4.78 is 0. The number of carbonyl (C=O) groups excluding carboxylic acids is 3. The average Bonchev–Trinajstić information content (AvgIpc) is 3.54. The van der Waals surface area contributed by atoms with E-state index in [1.165, 1.54) is 4.90 Å². The fourth-order valence-corrected chi connectivity index (χ4v) is 6.05. The van der Waals surface area contributed by atoms with Crippen molar-refractivity contribution in [3.63, 3.8) is 0 Å². The number of hydrogen-bond acceptors (Lipinski definition) is 3. The Morgan fingerprint density at radius 2 is 1.48 bits per heavy atom. The van der Waals surface area contributed by atoms with Gasteiger partial charge in [-0.25, -0.2) is 0 Å². The molecule has 2 bridgehead atoms. The third kappa shape index (κ3) is 2.80. The summed E-state index contributed by atoms with van der Waals surface area (Å²) in [6, 6.07) is 11.4. The van der Waals surface area contributed by atoms with E-state index in [2.05, 4.69) is 17.5 Å². The van der Waals surface area contributed by atoms with Crippen LogP contribution in [0.25, 0.3) is 0 Å². The van der Waals surface area contributed by atoms with Gasteiger partial charge in [-0.3, -0.25) is 19.3 Å². The van der Waals surface area contributed by atoms with Crippen LogP contribution in [0.2, 0.25) is 10.0 Å². The molecule has 5 nitrogen and oxygen atoms in total. The van der Waals surface area contributed by atoms with Crippen molar-refractivity contribution in [2.45, 2.75) is 6.42 Å².